The zero-order valence-electron chi connectivity index (χ0n) is 12.4. The molecule has 0 amide bonds. The summed E-state index contributed by atoms with van der Waals surface area (Å²) in [4.78, 5) is 14.6. The Morgan fingerprint density at radius 3 is 2.68 bits per heavy atom. The molecular formula is C17H17FN4. The Morgan fingerprint density at radius 2 is 1.91 bits per heavy atom. The zero-order chi connectivity index (χ0) is 15.4. The molecule has 2 aromatic heterocycles. The molecule has 2 heterocycles. The van der Waals surface area contributed by atoms with Crippen molar-refractivity contribution in [3.8, 4) is 0 Å². The minimum atomic E-state index is -0.314. The van der Waals surface area contributed by atoms with Crippen LogP contribution in [-0.4, -0.2) is 28.0 Å². The van der Waals surface area contributed by atoms with Gasteiger partial charge in [0.1, 0.15) is 23.5 Å². The molecule has 22 heavy (non-hydrogen) atoms. The lowest BCUT2D eigenvalue weighted by Gasteiger charge is -2.23. The van der Waals surface area contributed by atoms with Crippen LogP contribution in [0.2, 0.25) is 0 Å². The van der Waals surface area contributed by atoms with E-state index in [4.69, 9.17) is 0 Å². The second-order valence-corrected chi connectivity index (χ2v) is 5.02. The van der Waals surface area contributed by atoms with E-state index in [0.29, 0.717) is 5.52 Å². The highest BCUT2D eigenvalue weighted by atomic mass is 19.1. The maximum atomic E-state index is 13.9. The molecule has 3 aromatic rings. The number of nitrogens with zero attached hydrogens (tertiary/aromatic N) is 4. The van der Waals surface area contributed by atoms with Crippen molar-refractivity contribution >= 4 is 16.7 Å². The van der Waals surface area contributed by atoms with Crippen molar-refractivity contribution in [2.75, 3.05) is 18.0 Å². The molecule has 0 radical (unpaired) electrons. The number of anilines is 1. The summed E-state index contributed by atoms with van der Waals surface area (Å²) in [6.07, 6.45) is 5.90. The molecule has 112 valence electrons. The minimum Gasteiger partial charge on any atom is -0.356 e. The number of rotatable bonds is 5. The van der Waals surface area contributed by atoms with E-state index in [-0.39, 0.29) is 5.82 Å². The molecule has 0 N–H and O–H groups in total. The first kappa shape index (κ1) is 14.4. The molecule has 0 atom stereocenters. The Bertz CT molecular complexity index is 761. The summed E-state index contributed by atoms with van der Waals surface area (Å²) in [5.74, 6) is 0.465. The standard InChI is InChI=1S/C17H17FN4/c1-2-22(11-8-13-6-9-19-10-7-13)17-14-4-3-5-15(18)16(14)20-12-21-17/h3-7,9-10,12H,2,8,11H2,1H3. The van der Waals surface area contributed by atoms with Gasteiger partial charge >= 0.3 is 0 Å². The summed E-state index contributed by atoms with van der Waals surface area (Å²) in [6, 6.07) is 8.99. The Kier molecular flexibility index (Phi) is 4.23. The fourth-order valence-corrected chi connectivity index (χ4v) is 2.52. The number of hydrogen-bond donors (Lipinski definition) is 0. The fourth-order valence-electron chi connectivity index (χ4n) is 2.52. The van der Waals surface area contributed by atoms with Crippen molar-refractivity contribution in [3.63, 3.8) is 0 Å². The van der Waals surface area contributed by atoms with E-state index in [1.807, 2.05) is 18.2 Å². The number of halogens is 1. The highest BCUT2D eigenvalue weighted by Crippen LogP contribution is 2.24. The largest absolute Gasteiger partial charge is 0.356 e. The van der Waals surface area contributed by atoms with Crippen LogP contribution in [-0.2, 0) is 6.42 Å². The number of pyridine rings is 1. The third kappa shape index (κ3) is 2.88. The van der Waals surface area contributed by atoms with Gasteiger partial charge < -0.3 is 4.90 Å². The van der Waals surface area contributed by atoms with E-state index < -0.39 is 0 Å². The van der Waals surface area contributed by atoms with Gasteiger partial charge in [-0.05, 0) is 43.2 Å². The summed E-state index contributed by atoms with van der Waals surface area (Å²) in [6.45, 7) is 3.68. The fraction of sp³-hybridized carbons (Fsp3) is 0.235. The van der Waals surface area contributed by atoms with Crippen LogP contribution in [0.3, 0.4) is 0 Å². The molecule has 4 nitrogen and oxygen atoms in total. The summed E-state index contributed by atoms with van der Waals surface area (Å²) >= 11 is 0. The van der Waals surface area contributed by atoms with Crippen molar-refractivity contribution in [2.45, 2.75) is 13.3 Å². The van der Waals surface area contributed by atoms with E-state index in [1.165, 1.54) is 18.0 Å². The van der Waals surface area contributed by atoms with Gasteiger partial charge in [-0.15, -0.1) is 0 Å². The maximum absolute atomic E-state index is 13.9. The molecule has 0 unspecified atom stereocenters. The highest BCUT2D eigenvalue weighted by molar-refractivity contribution is 5.89. The van der Waals surface area contributed by atoms with Crippen molar-refractivity contribution in [2.24, 2.45) is 0 Å². The molecule has 5 heteroatoms. The van der Waals surface area contributed by atoms with Gasteiger partial charge in [0.05, 0.1) is 0 Å². The van der Waals surface area contributed by atoms with Gasteiger partial charge in [0, 0.05) is 30.9 Å². The van der Waals surface area contributed by atoms with Crippen LogP contribution in [0.5, 0.6) is 0 Å². The lowest BCUT2D eigenvalue weighted by molar-refractivity contribution is 0.636. The SMILES string of the molecule is CCN(CCc1ccncc1)c1ncnc2c(F)cccc12. The van der Waals surface area contributed by atoms with Crippen molar-refractivity contribution < 1.29 is 4.39 Å². The van der Waals surface area contributed by atoms with E-state index in [2.05, 4.69) is 26.8 Å². The Balaban J connectivity index is 1.89. The van der Waals surface area contributed by atoms with Crippen LogP contribution in [0.15, 0.2) is 49.1 Å². The second kappa shape index (κ2) is 6.47. The summed E-state index contributed by atoms with van der Waals surface area (Å²) in [7, 11) is 0. The maximum Gasteiger partial charge on any atom is 0.149 e. The van der Waals surface area contributed by atoms with Crippen LogP contribution in [0.25, 0.3) is 10.9 Å². The summed E-state index contributed by atoms with van der Waals surface area (Å²) < 4.78 is 13.9. The zero-order valence-corrected chi connectivity index (χ0v) is 12.4. The van der Waals surface area contributed by atoms with Crippen molar-refractivity contribution in [3.05, 3.63) is 60.4 Å². The summed E-state index contributed by atoms with van der Waals surface area (Å²) in [5, 5.41) is 0.749. The first-order valence-corrected chi connectivity index (χ1v) is 7.32. The topological polar surface area (TPSA) is 41.9 Å². The minimum absolute atomic E-state index is 0.314. The molecule has 0 aliphatic rings. The Morgan fingerprint density at radius 1 is 1.09 bits per heavy atom. The van der Waals surface area contributed by atoms with Crippen LogP contribution >= 0.6 is 0 Å². The first-order valence-electron chi connectivity index (χ1n) is 7.32. The Labute approximate surface area is 128 Å². The number of para-hydroxylation sites is 1. The number of hydrogen-bond acceptors (Lipinski definition) is 4. The number of likely N-dealkylation sites (N-methyl/N-ethyl adjacent to an activating group) is 1. The molecule has 0 fully saturated rings. The van der Waals surface area contributed by atoms with Gasteiger partial charge in [0.15, 0.2) is 0 Å². The second-order valence-electron chi connectivity index (χ2n) is 5.02. The van der Waals surface area contributed by atoms with E-state index >= 15 is 0 Å². The average Bonchev–Trinajstić information content (AvgIpc) is 2.57. The van der Waals surface area contributed by atoms with Gasteiger partial charge in [-0.25, -0.2) is 14.4 Å². The van der Waals surface area contributed by atoms with Crippen LogP contribution in [0.4, 0.5) is 10.2 Å². The first-order chi connectivity index (χ1) is 10.8. The molecule has 0 spiro atoms. The quantitative estimate of drug-likeness (QED) is 0.725. The van der Waals surface area contributed by atoms with Crippen LogP contribution < -0.4 is 4.90 Å². The van der Waals surface area contributed by atoms with Gasteiger partial charge in [-0.3, -0.25) is 4.98 Å². The monoisotopic (exact) mass is 296 g/mol. The number of benzene rings is 1. The third-order valence-corrected chi connectivity index (χ3v) is 3.70. The van der Waals surface area contributed by atoms with Crippen LogP contribution in [0.1, 0.15) is 12.5 Å². The third-order valence-electron chi connectivity index (χ3n) is 3.70. The smallest absolute Gasteiger partial charge is 0.149 e. The van der Waals surface area contributed by atoms with Crippen molar-refractivity contribution in [1.82, 2.24) is 15.0 Å². The average molecular weight is 296 g/mol. The van der Waals surface area contributed by atoms with Gasteiger partial charge in [0.25, 0.3) is 0 Å². The predicted octanol–water partition coefficient (Wildman–Crippen LogP) is 3.23. The molecule has 0 aliphatic carbocycles. The van der Waals surface area contributed by atoms with Gasteiger partial charge in [-0.1, -0.05) is 6.07 Å². The molecule has 3 rings (SSSR count). The molecule has 0 saturated heterocycles. The van der Waals surface area contributed by atoms with E-state index in [1.54, 1.807) is 18.5 Å². The lowest BCUT2D eigenvalue weighted by atomic mass is 10.1. The Hall–Kier alpha value is -2.56. The normalized spacial score (nSPS) is 10.8. The molecule has 0 aliphatic heterocycles. The molecule has 0 bridgehead atoms. The van der Waals surface area contributed by atoms with Gasteiger partial charge in [-0.2, -0.15) is 0 Å². The molecular weight excluding hydrogens is 279 g/mol. The lowest BCUT2D eigenvalue weighted by Crippen LogP contribution is -2.26. The predicted molar refractivity (Wildman–Crippen MR) is 85.3 cm³/mol. The summed E-state index contributed by atoms with van der Waals surface area (Å²) in [5.41, 5.74) is 1.59. The van der Waals surface area contributed by atoms with Gasteiger partial charge in [0.2, 0.25) is 0 Å². The van der Waals surface area contributed by atoms with Crippen LogP contribution in [0, 0.1) is 5.82 Å². The molecule has 1 aromatic carbocycles. The number of aromatic nitrogens is 3. The van der Waals surface area contributed by atoms with E-state index in [0.717, 1.165) is 30.7 Å². The molecule has 0 saturated carbocycles. The highest BCUT2D eigenvalue weighted by Gasteiger charge is 2.12. The number of fused-ring (bicyclic) bond motifs is 1. The van der Waals surface area contributed by atoms with E-state index in [9.17, 15) is 4.39 Å². The van der Waals surface area contributed by atoms with Crippen molar-refractivity contribution in [1.29, 1.82) is 0 Å².